The number of aryl methyl sites for hydroxylation is 1. The molecule has 0 aliphatic carbocycles. The zero-order chi connectivity index (χ0) is 25.2. The number of ether oxygens (including phenoxy) is 2. The van der Waals surface area contributed by atoms with Crippen molar-refractivity contribution in [3.05, 3.63) is 59.5 Å². The summed E-state index contributed by atoms with van der Waals surface area (Å²) < 4.78 is 42.4. The summed E-state index contributed by atoms with van der Waals surface area (Å²) in [4.78, 5) is 3.98. The van der Waals surface area contributed by atoms with E-state index < -0.39 is 21.9 Å². The van der Waals surface area contributed by atoms with Gasteiger partial charge in [0.25, 0.3) is 0 Å². The quantitative estimate of drug-likeness (QED) is 0.339. The van der Waals surface area contributed by atoms with Gasteiger partial charge in [0.1, 0.15) is 34.7 Å². The fraction of sp³-hybridized carbons (Fsp3) is 0.238. The van der Waals surface area contributed by atoms with Gasteiger partial charge in [-0.1, -0.05) is 17.7 Å². The number of nitrogens with zero attached hydrogens (tertiary/aromatic N) is 6. The van der Waals surface area contributed by atoms with Gasteiger partial charge < -0.3 is 14.6 Å². The van der Waals surface area contributed by atoms with Crippen LogP contribution in [-0.2, 0) is 17.1 Å². The van der Waals surface area contributed by atoms with E-state index >= 15 is 0 Å². The number of nitrogens with one attached hydrogen (secondary N) is 1. The molecule has 0 amide bonds. The predicted octanol–water partition coefficient (Wildman–Crippen LogP) is 2.21. The van der Waals surface area contributed by atoms with Gasteiger partial charge in [0.15, 0.2) is 5.82 Å². The Bertz CT molecular complexity index is 1410. The summed E-state index contributed by atoms with van der Waals surface area (Å²) in [6.45, 7) is 0. The van der Waals surface area contributed by atoms with E-state index in [0.29, 0.717) is 27.9 Å². The number of pyridine rings is 1. The minimum atomic E-state index is -4.13. The number of methoxy groups -OCH3 is 2. The number of hydrogen-bond donors (Lipinski definition) is 2. The number of anilines is 1. The summed E-state index contributed by atoms with van der Waals surface area (Å²) in [6.07, 6.45) is 1.63. The largest absolute Gasteiger partial charge is 0.494 e. The van der Waals surface area contributed by atoms with Crippen LogP contribution in [0, 0.1) is 0 Å². The fourth-order valence-corrected chi connectivity index (χ4v) is 4.56. The van der Waals surface area contributed by atoms with Gasteiger partial charge >= 0.3 is 0 Å². The van der Waals surface area contributed by atoms with Crippen molar-refractivity contribution in [2.75, 3.05) is 24.7 Å². The minimum Gasteiger partial charge on any atom is -0.494 e. The average molecular weight is 520 g/mol. The first-order chi connectivity index (χ1) is 16.7. The number of sulfonamides is 1. The molecule has 0 saturated carbocycles. The number of hydrogen-bond acceptors (Lipinski definition) is 9. The van der Waals surface area contributed by atoms with Crippen LogP contribution >= 0.6 is 11.6 Å². The molecule has 184 valence electrons. The van der Waals surface area contributed by atoms with Crippen molar-refractivity contribution < 1.29 is 23.0 Å². The van der Waals surface area contributed by atoms with Crippen LogP contribution in [0.1, 0.15) is 11.8 Å². The second-order valence-corrected chi connectivity index (χ2v) is 9.57. The molecule has 0 spiro atoms. The normalized spacial score (nSPS) is 12.4. The molecular weight excluding hydrogens is 498 g/mol. The standard InChI is InChI=1S/C21H22ClN7O5S/c1-28-10-9-15(26-28)20-24-25-21(29(20)19-17(33-2)5-4-6-18(19)34-3)27-35(31,32)12-16(30)14-8-7-13(22)11-23-14/h4-11,16,30H,12H2,1-3H3,(H,25,27)/t16-/m1/s1. The highest BCUT2D eigenvalue weighted by Crippen LogP contribution is 2.37. The second kappa shape index (κ2) is 9.90. The maximum Gasteiger partial charge on any atom is 0.243 e. The van der Waals surface area contributed by atoms with E-state index in [4.69, 9.17) is 21.1 Å². The molecule has 1 aromatic carbocycles. The number of aromatic nitrogens is 6. The fourth-order valence-electron chi connectivity index (χ4n) is 3.37. The molecule has 3 aromatic heterocycles. The molecule has 0 radical (unpaired) electrons. The first-order valence-corrected chi connectivity index (χ1v) is 12.2. The smallest absolute Gasteiger partial charge is 0.243 e. The van der Waals surface area contributed by atoms with E-state index in [-0.39, 0.29) is 17.5 Å². The number of benzene rings is 1. The summed E-state index contributed by atoms with van der Waals surface area (Å²) >= 11 is 5.82. The molecule has 0 aliphatic rings. The molecule has 0 aliphatic heterocycles. The van der Waals surface area contributed by atoms with E-state index in [1.165, 1.54) is 37.1 Å². The average Bonchev–Trinajstić information content (AvgIpc) is 3.43. The molecule has 0 unspecified atom stereocenters. The Morgan fingerprint density at radius 1 is 1.11 bits per heavy atom. The number of para-hydroxylation sites is 1. The van der Waals surface area contributed by atoms with Crippen molar-refractivity contribution in [3.63, 3.8) is 0 Å². The minimum absolute atomic E-state index is 0.148. The Labute approximate surface area is 206 Å². The van der Waals surface area contributed by atoms with E-state index in [1.807, 2.05) is 0 Å². The van der Waals surface area contributed by atoms with Gasteiger partial charge in [-0.3, -0.25) is 19.0 Å². The van der Waals surface area contributed by atoms with Gasteiger partial charge in [0, 0.05) is 19.4 Å². The summed E-state index contributed by atoms with van der Waals surface area (Å²) in [6, 6.07) is 9.77. The van der Waals surface area contributed by atoms with E-state index in [1.54, 1.807) is 42.2 Å². The zero-order valence-corrected chi connectivity index (χ0v) is 20.5. The summed E-state index contributed by atoms with van der Waals surface area (Å²) in [5, 5.41) is 23.4. The molecule has 1 atom stereocenters. The molecule has 35 heavy (non-hydrogen) atoms. The monoisotopic (exact) mass is 519 g/mol. The van der Waals surface area contributed by atoms with Crippen LogP contribution in [0.3, 0.4) is 0 Å². The van der Waals surface area contributed by atoms with Crippen molar-refractivity contribution in [1.29, 1.82) is 0 Å². The lowest BCUT2D eigenvalue weighted by molar-refractivity contribution is 0.197. The number of halogens is 1. The summed E-state index contributed by atoms with van der Waals surface area (Å²) in [5.41, 5.74) is 0.950. The molecule has 4 aromatic rings. The van der Waals surface area contributed by atoms with E-state index in [0.717, 1.165) is 0 Å². The lowest BCUT2D eigenvalue weighted by Gasteiger charge is -2.17. The Hall–Kier alpha value is -3.68. The third-order valence-electron chi connectivity index (χ3n) is 4.95. The van der Waals surface area contributed by atoms with Gasteiger partial charge in [0.2, 0.25) is 16.0 Å². The number of aliphatic hydroxyl groups is 1. The Morgan fingerprint density at radius 2 is 1.83 bits per heavy atom. The highest BCUT2D eigenvalue weighted by atomic mass is 35.5. The van der Waals surface area contributed by atoms with Crippen LogP contribution in [0.15, 0.2) is 48.8 Å². The van der Waals surface area contributed by atoms with Gasteiger partial charge in [-0.25, -0.2) is 8.42 Å². The molecule has 0 bridgehead atoms. The van der Waals surface area contributed by atoms with E-state index in [9.17, 15) is 13.5 Å². The van der Waals surface area contributed by atoms with Gasteiger partial charge in [-0.15, -0.1) is 10.2 Å². The second-order valence-electron chi connectivity index (χ2n) is 7.37. The van der Waals surface area contributed by atoms with Crippen molar-refractivity contribution >= 4 is 27.6 Å². The van der Waals surface area contributed by atoms with Crippen LogP contribution in [0.2, 0.25) is 5.02 Å². The highest BCUT2D eigenvalue weighted by molar-refractivity contribution is 7.92. The first-order valence-electron chi connectivity index (χ1n) is 10.2. The molecule has 0 fully saturated rings. The van der Waals surface area contributed by atoms with Gasteiger partial charge in [0.05, 0.1) is 24.9 Å². The van der Waals surface area contributed by atoms with Crippen LogP contribution in [0.25, 0.3) is 17.2 Å². The van der Waals surface area contributed by atoms with Crippen molar-refractivity contribution in [1.82, 2.24) is 29.5 Å². The summed E-state index contributed by atoms with van der Waals surface area (Å²) in [7, 11) is 0.560. The van der Waals surface area contributed by atoms with Crippen molar-refractivity contribution in [2.24, 2.45) is 7.05 Å². The molecule has 4 rings (SSSR count). The molecule has 2 N–H and O–H groups in total. The van der Waals surface area contributed by atoms with Crippen molar-refractivity contribution in [3.8, 4) is 28.7 Å². The Balaban J connectivity index is 1.77. The zero-order valence-electron chi connectivity index (χ0n) is 19.0. The molecule has 12 nitrogen and oxygen atoms in total. The molecular formula is C21H22ClN7O5S. The predicted molar refractivity (Wildman–Crippen MR) is 128 cm³/mol. The Morgan fingerprint density at radius 3 is 2.40 bits per heavy atom. The van der Waals surface area contributed by atoms with Crippen molar-refractivity contribution in [2.45, 2.75) is 6.10 Å². The first kappa shape index (κ1) is 24.4. The summed E-state index contributed by atoms with van der Waals surface area (Å²) in [5.74, 6) is 0.173. The molecule has 0 saturated heterocycles. The topological polar surface area (TPSA) is 146 Å². The third kappa shape index (κ3) is 5.21. The van der Waals surface area contributed by atoms with Crippen LogP contribution in [0.5, 0.6) is 11.5 Å². The lowest BCUT2D eigenvalue weighted by atomic mass is 10.2. The maximum atomic E-state index is 13.0. The Kier molecular flexibility index (Phi) is 6.91. The van der Waals surface area contributed by atoms with Crippen LogP contribution < -0.4 is 14.2 Å². The number of rotatable bonds is 9. The third-order valence-corrected chi connectivity index (χ3v) is 6.42. The van der Waals surface area contributed by atoms with E-state index in [2.05, 4.69) is 25.0 Å². The van der Waals surface area contributed by atoms with Crippen LogP contribution in [0.4, 0.5) is 5.95 Å². The van der Waals surface area contributed by atoms with Gasteiger partial charge in [-0.2, -0.15) is 5.10 Å². The SMILES string of the molecule is COc1cccc(OC)c1-n1c(NS(=O)(=O)C[C@@H](O)c2ccc(Cl)cn2)nnc1-c1ccn(C)n1. The maximum absolute atomic E-state index is 13.0. The molecule has 14 heteroatoms. The number of aliphatic hydroxyl groups excluding tert-OH is 1. The molecule has 3 heterocycles. The van der Waals surface area contributed by atoms with Crippen LogP contribution in [-0.4, -0.2) is 63.0 Å². The lowest BCUT2D eigenvalue weighted by Crippen LogP contribution is -2.24. The highest BCUT2D eigenvalue weighted by Gasteiger charge is 2.27. The van der Waals surface area contributed by atoms with Gasteiger partial charge in [-0.05, 0) is 30.3 Å².